The molecule has 1 N–H and O–H groups in total. The van der Waals surface area contributed by atoms with Gasteiger partial charge < -0.3 is 4.98 Å². The van der Waals surface area contributed by atoms with Crippen molar-refractivity contribution in [3.63, 3.8) is 0 Å². The summed E-state index contributed by atoms with van der Waals surface area (Å²) in [6.45, 7) is 2.22. The Hall–Kier alpha value is -1.38. The minimum atomic E-state index is 0.824. The highest BCUT2D eigenvalue weighted by Gasteiger charge is 2.14. The summed E-state index contributed by atoms with van der Waals surface area (Å²) in [7, 11) is 0. The first-order chi connectivity index (χ1) is 10.3. The maximum Gasteiger partial charge on any atom is 0.0511 e. The van der Waals surface area contributed by atoms with Crippen molar-refractivity contribution in [3.8, 4) is 0 Å². The van der Waals surface area contributed by atoms with Gasteiger partial charge in [-0.2, -0.15) is 0 Å². The van der Waals surface area contributed by atoms with E-state index in [0.717, 1.165) is 22.3 Å². The Morgan fingerprint density at radius 1 is 1.05 bits per heavy atom. The number of hydrogen-bond donors (Lipinski definition) is 1. The highest BCUT2D eigenvalue weighted by molar-refractivity contribution is 7.99. The highest BCUT2D eigenvalue weighted by Crippen LogP contribution is 2.40. The first-order valence-corrected chi connectivity index (χ1v) is 8.51. The average molecular weight is 316 g/mol. The Bertz CT molecular complexity index is 734. The van der Waals surface area contributed by atoms with Gasteiger partial charge in [0.15, 0.2) is 0 Å². The van der Waals surface area contributed by atoms with Gasteiger partial charge in [-0.25, -0.2) is 0 Å². The van der Waals surface area contributed by atoms with Crippen molar-refractivity contribution in [3.05, 3.63) is 59.2 Å². The van der Waals surface area contributed by atoms with E-state index in [-0.39, 0.29) is 0 Å². The smallest absolute Gasteiger partial charge is 0.0511 e. The SMILES string of the molecule is CCCCc1[nH]c2cccc(Cl)c2c1Sc1ccccc1. The molecule has 0 unspecified atom stereocenters. The van der Waals surface area contributed by atoms with Crippen LogP contribution in [0.15, 0.2) is 58.3 Å². The van der Waals surface area contributed by atoms with Crippen LogP contribution in [-0.4, -0.2) is 4.98 Å². The molecular formula is C18H18ClNS. The molecule has 0 atom stereocenters. The van der Waals surface area contributed by atoms with E-state index in [0.29, 0.717) is 0 Å². The summed E-state index contributed by atoms with van der Waals surface area (Å²) >= 11 is 8.24. The summed E-state index contributed by atoms with van der Waals surface area (Å²) in [5, 5.41) is 1.98. The van der Waals surface area contributed by atoms with Gasteiger partial charge in [0.25, 0.3) is 0 Å². The molecule has 0 amide bonds. The van der Waals surface area contributed by atoms with E-state index in [1.165, 1.54) is 28.3 Å². The Kier molecular flexibility index (Phi) is 4.57. The number of halogens is 1. The van der Waals surface area contributed by atoms with Crippen LogP contribution in [0.4, 0.5) is 0 Å². The van der Waals surface area contributed by atoms with Gasteiger partial charge in [0, 0.05) is 26.4 Å². The minimum Gasteiger partial charge on any atom is -0.357 e. The molecule has 108 valence electrons. The third-order valence-corrected chi connectivity index (χ3v) is 5.02. The summed E-state index contributed by atoms with van der Waals surface area (Å²) < 4.78 is 0. The predicted octanol–water partition coefficient (Wildman–Crippen LogP) is 6.32. The van der Waals surface area contributed by atoms with Crippen LogP contribution < -0.4 is 0 Å². The second-order valence-corrected chi connectivity index (χ2v) is 6.60. The Labute approximate surface area is 134 Å². The molecule has 1 nitrogen and oxygen atoms in total. The monoisotopic (exact) mass is 315 g/mol. The van der Waals surface area contributed by atoms with Gasteiger partial charge in [-0.05, 0) is 37.1 Å². The van der Waals surface area contributed by atoms with Crippen LogP contribution in [0.2, 0.25) is 5.02 Å². The van der Waals surface area contributed by atoms with E-state index in [9.17, 15) is 0 Å². The fourth-order valence-corrected chi connectivity index (χ4v) is 3.93. The molecule has 3 heteroatoms. The molecule has 3 aromatic rings. The van der Waals surface area contributed by atoms with Crippen molar-refractivity contribution in [1.29, 1.82) is 0 Å². The number of aryl methyl sites for hydroxylation is 1. The summed E-state index contributed by atoms with van der Waals surface area (Å²) in [6, 6.07) is 16.6. The fraction of sp³-hybridized carbons (Fsp3) is 0.222. The molecule has 0 aliphatic heterocycles. The highest BCUT2D eigenvalue weighted by atomic mass is 35.5. The van der Waals surface area contributed by atoms with Gasteiger partial charge in [-0.3, -0.25) is 0 Å². The Balaban J connectivity index is 2.08. The van der Waals surface area contributed by atoms with E-state index in [1.807, 2.05) is 18.2 Å². The number of benzene rings is 2. The Morgan fingerprint density at radius 2 is 1.86 bits per heavy atom. The molecule has 0 spiro atoms. The molecule has 0 saturated heterocycles. The summed E-state index contributed by atoms with van der Waals surface area (Å²) in [5.74, 6) is 0. The number of fused-ring (bicyclic) bond motifs is 1. The maximum absolute atomic E-state index is 6.44. The second kappa shape index (κ2) is 6.59. The largest absolute Gasteiger partial charge is 0.357 e. The number of unbranched alkanes of at least 4 members (excludes halogenated alkanes) is 1. The number of rotatable bonds is 5. The average Bonchev–Trinajstić information content (AvgIpc) is 2.85. The molecule has 0 bridgehead atoms. The van der Waals surface area contributed by atoms with Gasteiger partial charge in [-0.1, -0.05) is 61.0 Å². The molecule has 1 aromatic heterocycles. The Morgan fingerprint density at radius 3 is 2.62 bits per heavy atom. The zero-order valence-electron chi connectivity index (χ0n) is 12.0. The quantitative estimate of drug-likeness (QED) is 0.583. The van der Waals surface area contributed by atoms with Gasteiger partial charge in [0.2, 0.25) is 0 Å². The van der Waals surface area contributed by atoms with E-state index in [1.54, 1.807) is 11.8 Å². The van der Waals surface area contributed by atoms with E-state index >= 15 is 0 Å². The topological polar surface area (TPSA) is 15.8 Å². The fourth-order valence-electron chi connectivity index (χ4n) is 2.48. The first-order valence-electron chi connectivity index (χ1n) is 7.31. The third kappa shape index (κ3) is 3.12. The van der Waals surface area contributed by atoms with Gasteiger partial charge in [-0.15, -0.1) is 0 Å². The summed E-state index contributed by atoms with van der Waals surface area (Å²) in [6.07, 6.45) is 3.45. The molecule has 0 aliphatic carbocycles. The van der Waals surface area contributed by atoms with Crippen molar-refractivity contribution >= 4 is 34.3 Å². The molecule has 0 saturated carbocycles. The molecule has 3 rings (SSSR count). The van der Waals surface area contributed by atoms with Crippen molar-refractivity contribution in [2.24, 2.45) is 0 Å². The van der Waals surface area contributed by atoms with E-state index in [2.05, 4.69) is 42.2 Å². The lowest BCUT2D eigenvalue weighted by atomic mass is 10.2. The van der Waals surface area contributed by atoms with E-state index < -0.39 is 0 Å². The van der Waals surface area contributed by atoms with Crippen molar-refractivity contribution < 1.29 is 0 Å². The van der Waals surface area contributed by atoms with Crippen molar-refractivity contribution in [2.75, 3.05) is 0 Å². The number of aromatic amines is 1. The summed E-state index contributed by atoms with van der Waals surface area (Å²) in [4.78, 5) is 6.07. The lowest BCUT2D eigenvalue weighted by molar-refractivity contribution is 0.773. The van der Waals surface area contributed by atoms with Gasteiger partial charge in [0.05, 0.1) is 5.02 Å². The lowest BCUT2D eigenvalue weighted by Crippen LogP contribution is -1.87. The lowest BCUT2D eigenvalue weighted by Gasteiger charge is -2.05. The maximum atomic E-state index is 6.44. The van der Waals surface area contributed by atoms with Crippen LogP contribution >= 0.6 is 23.4 Å². The molecular weight excluding hydrogens is 298 g/mol. The van der Waals surface area contributed by atoms with Crippen LogP contribution in [0.3, 0.4) is 0 Å². The number of H-pyrrole nitrogens is 1. The third-order valence-electron chi connectivity index (χ3n) is 3.54. The van der Waals surface area contributed by atoms with Crippen molar-refractivity contribution in [2.45, 2.75) is 36.0 Å². The second-order valence-electron chi connectivity index (χ2n) is 5.11. The molecule has 2 aromatic carbocycles. The standard InChI is InChI=1S/C18H18ClNS/c1-2-3-11-16-18(21-13-8-5-4-6-9-13)17-14(19)10-7-12-15(17)20-16/h4-10,12,20H,2-3,11H2,1H3. The normalized spacial score (nSPS) is 11.1. The molecule has 0 radical (unpaired) electrons. The predicted molar refractivity (Wildman–Crippen MR) is 92.5 cm³/mol. The van der Waals surface area contributed by atoms with Gasteiger partial charge in [0.1, 0.15) is 0 Å². The van der Waals surface area contributed by atoms with Gasteiger partial charge >= 0.3 is 0 Å². The van der Waals surface area contributed by atoms with E-state index in [4.69, 9.17) is 11.6 Å². The first kappa shape index (κ1) is 14.6. The van der Waals surface area contributed by atoms with Crippen LogP contribution in [0.5, 0.6) is 0 Å². The number of aromatic nitrogens is 1. The number of nitrogens with one attached hydrogen (secondary N) is 1. The number of hydrogen-bond acceptors (Lipinski definition) is 1. The zero-order valence-corrected chi connectivity index (χ0v) is 13.6. The molecule has 1 heterocycles. The van der Waals surface area contributed by atoms with Crippen LogP contribution in [0, 0.1) is 0 Å². The van der Waals surface area contributed by atoms with Crippen LogP contribution in [0.25, 0.3) is 10.9 Å². The molecule has 21 heavy (non-hydrogen) atoms. The summed E-state index contributed by atoms with van der Waals surface area (Å²) in [5.41, 5.74) is 2.43. The zero-order chi connectivity index (χ0) is 14.7. The van der Waals surface area contributed by atoms with Crippen LogP contribution in [0.1, 0.15) is 25.5 Å². The minimum absolute atomic E-state index is 0.824. The van der Waals surface area contributed by atoms with Crippen molar-refractivity contribution in [1.82, 2.24) is 4.98 Å². The molecule has 0 aliphatic rings. The molecule has 0 fully saturated rings. The van der Waals surface area contributed by atoms with Crippen LogP contribution in [-0.2, 0) is 6.42 Å².